The van der Waals surface area contributed by atoms with Crippen LogP contribution in [-0.4, -0.2) is 82.3 Å². The summed E-state index contributed by atoms with van der Waals surface area (Å²) in [6.07, 6.45) is 109. The van der Waals surface area contributed by atoms with Crippen LogP contribution in [0.2, 0.25) is 0 Å². The van der Waals surface area contributed by atoms with Crippen molar-refractivity contribution in [3.05, 3.63) is 109 Å². The SMILES string of the molecule is CC/C=C\C/C=C\C/C=C\C/C=C\C/C=C\C/C=C\C/C=C\C/C=C\CCCCCCCCCCCCCCCCCCC(=O)OC(COC(=O)CCCCCCCCCCCCCCCCCCCCCCC/C=C\CCCCCCCCCC)COC(OCC[N+](C)(C)C)C(=O)[O-]. The first-order chi connectivity index (χ1) is 48.6. The second-order valence-corrected chi connectivity index (χ2v) is 29.4. The highest BCUT2D eigenvalue weighted by Crippen LogP contribution is 2.19. The van der Waals surface area contributed by atoms with Gasteiger partial charge in [-0.05, 0) is 103 Å². The molecule has 2 unspecified atom stereocenters. The Balaban J connectivity index is 4.00. The van der Waals surface area contributed by atoms with Crippen molar-refractivity contribution in [3.63, 3.8) is 0 Å². The molecule has 0 spiro atoms. The second kappa shape index (κ2) is 79.6. The average Bonchev–Trinajstić information content (AvgIpc) is 2.62. The number of carboxylic acids is 1. The molecule has 2 atom stereocenters. The summed E-state index contributed by atoms with van der Waals surface area (Å²) in [6.45, 7) is 4.69. The minimum absolute atomic E-state index is 0.147. The second-order valence-electron chi connectivity index (χ2n) is 29.4. The first-order valence-corrected chi connectivity index (χ1v) is 42.0. The summed E-state index contributed by atoms with van der Waals surface area (Å²) >= 11 is 0. The monoisotopic (exact) mass is 1380 g/mol. The Bertz CT molecular complexity index is 2000. The summed E-state index contributed by atoms with van der Waals surface area (Å²) in [7, 11) is 5.95. The van der Waals surface area contributed by atoms with E-state index in [1.165, 1.54) is 263 Å². The van der Waals surface area contributed by atoms with E-state index in [1.807, 2.05) is 21.1 Å². The fraction of sp³-hybridized carbons (Fsp3) is 0.767. The lowest BCUT2D eigenvalue weighted by molar-refractivity contribution is -0.870. The predicted octanol–water partition coefficient (Wildman–Crippen LogP) is 25.9. The Kier molecular flexibility index (Phi) is 76.4. The van der Waals surface area contributed by atoms with Crippen molar-refractivity contribution < 1.29 is 42.9 Å². The van der Waals surface area contributed by atoms with Gasteiger partial charge in [0.15, 0.2) is 12.4 Å². The van der Waals surface area contributed by atoms with Crippen LogP contribution in [0.25, 0.3) is 0 Å². The number of carbonyl (C=O) groups excluding carboxylic acids is 3. The molecule has 9 nitrogen and oxygen atoms in total. The molecule has 0 rings (SSSR count). The molecule has 0 amide bonds. The van der Waals surface area contributed by atoms with Crippen molar-refractivity contribution in [2.24, 2.45) is 0 Å². The first kappa shape index (κ1) is 94.9. The normalized spacial score (nSPS) is 13.2. The van der Waals surface area contributed by atoms with Crippen LogP contribution < -0.4 is 5.11 Å². The maximum atomic E-state index is 13.0. The van der Waals surface area contributed by atoms with Crippen LogP contribution in [0.15, 0.2) is 109 Å². The van der Waals surface area contributed by atoms with Crippen molar-refractivity contribution in [2.45, 2.75) is 399 Å². The van der Waals surface area contributed by atoms with E-state index in [0.717, 1.165) is 89.9 Å². The highest BCUT2D eigenvalue weighted by molar-refractivity contribution is 5.70. The van der Waals surface area contributed by atoms with Crippen LogP contribution in [0.1, 0.15) is 386 Å². The van der Waals surface area contributed by atoms with Crippen molar-refractivity contribution in [1.29, 1.82) is 0 Å². The molecule has 0 aromatic rings. The molecule has 0 N–H and O–H groups in total. The highest BCUT2D eigenvalue weighted by Gasteiger charge is 2.22. The Morgan fingerprint density at radius 2 is 0.576 bits per heavy atom. The lowest BCUT2D eigenvalue weighted by Crippen LogP contribution is -2.44. The van der Waals surface area contributed by atoms with Gasteiger partial charge in [-0.1, -0.05) is 380 Å². The largest absolute Gasteiger partial charge is 0.545 e. The zero-order valence-corrected chi connectivity index (χ0v) is 65.6. The van der Waals surface area contributed by atoms with Crippen molar-refractivity contribution >= 4 is 17.9 Å². The molecule has 0 saturated carbocycles. The topological polar surface area (TPSA) is 111 Å². The quantitative estimate of drug-likeness (QED) is 0.0195. The van der Waals surface area contributed by atoms with E-state index < -0.39 is 24.3 Å². The summed E-state index contributed by atoms with van der Waals surface area (Å²) in [5.74, 6) is -2.26. The molecular weight excluding hydrogens is 1220 g/mol. The third kappa shape index (κ3) is 81.1. The number of ether oxygens (including phenoxy) is 4. The van der Waals surface area contributed by atoms with Gasteiger partial charge >= 0.3 is 11.9 Å². The van der Waals surface area contributed by atoms with Crippen molar-refractivity contribution in [1.82, 2.24) is 0 Å². The van der Waals surface area contributed by atoms with Crippen molar-refractivity contribution in [3.8, 4) is 0 Å². The number of carbonyl (C=O) groups is 3. The van der Waals surface area contributed by atoms with Gasteiger partial charge in [-0.3, -0.25) is 9.59 Å². The molecule has 0 heterocycles. The standard InChI is InChI=1S/C90H159NO8/c1-6-8-10-12-14-16-18-20-22-24-26-28-30-32-34-36-38-40-41-42-43-44-45-46-47-49-51-53-55-57-59-61-63-65-67-69-71-73-75-77-79-81-88(93)99-86(85-98-90(89(94)95)96-83-82-91(3,4)5)84-97-87(92)80-78-76-74-72-70-68-66-64-62-60-58-56-54-52-50-48-39-37-35-33-31-29-27-25-23-21-19-17-15-13-11-9-7-2/h8,10,14,16,20,22,25-28,32,34,38,40,42-43,45-46,86,90H,6-7,9,11-13,15,17-19,21,23-24,29-31,33,35-37,39,41,44,47-85H2,1-5H3/b10-8-,16-14-,22-20-,27-25-,28-26-,34-32-,40-38-,43-42-,46-45-. The zero-order chi connectivity index (χ0) is 71.8. The summed E-state index contributed by atoms with van der Waals surface area (Å²) < 4.78 is 22.9. The third-order valence-corrected chi connectivity index (χ3v) is 18.5. The number of likely N-dealkylation sites (N-methyl/N-ethyl adjacent to an activating group) is 1. The molecule has 0 aromatic carbocycles. The molecule has 99 heavy (non-hydrogen) atoms. The van der Waals surface area contributed by atoms with Crippen LogP contribution in [0.5, 0.6) is 0 Å². The van der Waals surface area contributed by atoms with E-state index >= 15 is 0 Å². The lowest BCUT2D eigenvalue weighted by Gasteiger charge is -2.26. The van der Waals surface area contributed by atoms with Crippen LogP contribution in [-0.2, 0) is 33.3 Å². The average molecular weight is 1380 g/mol. The molecule has 0 aliphatic rings. The number of aliphatic carboxylic acids is 1. The third-order valence-electron chi connectivity index (χ3n) is 18.5. The zero-order valence-electron chi connectivity index (χ0n) is 65.6. The number of hydrogen-bond acceptors (Lipinski definition) is 8. The lowest BCUT2D eigenvalue weighted by atomic mass is 10.0. The minimum atomic E-state index is -1.62. The van der Waals surface area contributed by atoms with Crippen LogP contribution >= 0.6 is 0 Å². The van der Waals surface area contributed by atoms with E-state index in [4.69, 9.17) is 18.9 Å². The predicted molar refractivity (Wildman–Crippen MR) is 426 cm³/mol. The van der Waals surface area contributed by atoms with Crippen LogP contribution in [0.3, 0.4) is 0 Å². The van der Waals surface area contributed by atoms with E-state index in [-0.39, 0.29) is 32.2 Å². The maximum Gasteiger partial charge on any atom is 0.306 e. The molecule has 0 saturated heterocycles. The molecule has 0 radical (unpaired) electrons. The number of unbranched alkanes of at least 4 members (excludes halogenated alkanes) is 45. The summed E-state index contributed by atoms with van der Waals surface area (Å²) in [5.41, 5.74) is 0. The van der Waals surface area contributed by atoms with E-state index in [1.54, 1.807) is 0 Å². The number of hydrogen-bond donors (Lipinski definition) is 0. The summed E-state index contributed by atoms with van der Waals surface area (Å²) in [5, 5.41) is 11.9. The van der Waals surface area contributed by atoms with Gasteiger partial charge in [0.25, 0.3) is 0 Å². The van der Waals surface area contributed by atoms with Gasteiger partial charge in [-0.15, -0.1) is 0 Å². The Morgan fingerprint density at radius 1 is 0.313 bits per heavy atom. The maximum absolute atomic E-state index is 13.0. The number of carboxylic acid groups (broad SMARTS) is 1. The van der Waals surface area contributed by atoms with Gasteiger partial charge in [0.2, 0.25) is 0 Å². The van der Waals surface area contributed by atoms with Gasteiger partial charge in [0, 0.05) is 12.8 Å². The van der Waals surface area contributed by atoms with E-state index in [0.29, 0.717) is 23.9 Å². The molecular formula is C90H159NO8. The van der Waals surface area contributed by atoms with Gasteiger partial charge < -0.3 is 33.3 Å². The molecule has 0 aliphatic heterocycles. The number of rotatable bonds is 78. The first-order valence-electron chi connectivity index (χ1n) is 42.0. The molecule has 0 aliphatic carbocycles. The minimum Gasteiger partial charge on any atom is -0.545 e. The van der Waals surface area contributed by atoms with Crippen molar-refractivity contribution in [2.75, 3.05) is 47.5 Å². The number of esters is 2. The number of allylic oxidation sites excluding steroid dienone is 18. The summed E-state index contributed by atoms with van der Waals surface area (Å²) in [6, 6.07) is 0. The van der Waals surface area contributed by atoms with Gasteiger partial charge in [0.1, 0.15) is 13.2 Å². The van der Waals surface area contributed by atoms with Gasteiger partial charge in [-0.2, -0.15) is 0 Å². The fourth-order valence-corrected chi connectivity index (χ4v) is 12.1. The molecule has 0 aromatic heterocycles. The van der Waals surface area contributed by atoms with E-state index in [9.17, 15) is 19.5 Å². The fourth-order valence-electron chi connectivity index (χ4n) is 12.1. The Hall–Kier alpha value is -4.05. The van der Waals surface area contributed by atoms with Gasteiger partial charge in [0.05, 0.1) is 40.3 Å². The molecule has 9 heteroatoms. The molecule has 0 fully saturated rings. The van der Waals surface area contributed by atoms with Crippen LogP contribution in [0, 0.1) is 0 Å². The molecule has 572 valence electrons. The summed E-state index contributed by atoms with van der Waals surface area (Å²) in [4.78, 5) is 37.6. The van der Waals surface area contributed by atoms with Crippen LogP contribution in [0.4, 0.5) is 0 Å². The van der Waals surface area contributed by atoms with Gasteiger partial charge in [-0.25, -0.2) is 0 Å². The number of nitrogens with zero attached hydrogens (tertiary/aromatic N) is 1. The number of quaternary nitrogens is 1. The molecule has 0 bridgehead atoms. The highest BCUT2D eigenvalue weighted by atomic mass is 16.7. The van der Waals surface area contributed by atoms with E-state index in [2.05, 4.69) is 123 Å². The Morgan fingerprint density at radius 3 is 0.869 bits per heavy atom. The smallest absolute Gasteiger partial charge is 0.306 e. The Labute approximate surface area is 613 Å².